The molecule has 3 aromatic rings. The van der Waals surface area contributed by atoms with Gasteiger partial charge in [0.15, 0.2) is 11.5 Å². The second-order valence-corrected chi connectivity index (χ2v) is 9.51. The van der Waals surface area contributed by atoms with E-state index in [0.29, 0.717) is 37.7 Å². The van der Waals surface area contributed by atoms with Crippen LogP contribution in [0.3, 0.4) is 0 Å². The third-order valence-electron chi connectivity index (χ3n) is 5.73. The highest BCUT2D eigenvalue weighted by atomic mass is 32.2. The summed E-state index contributed by atoms with van der Waals surface area (Å²) >= 11 is 0. The standard InChI is InChI=1S/C23H28N4O4S/c1-30-21-9-8-20(18-22(21)31-2)32(28,29)27-16-13-25(14-17-27)12-15-26-11-10-24-23(26)19-6-4-3-5-7-19/h3-11,18H,12-17H2,1-2H3. The predicted octanol–water partition coefficient (Wildman–Crippen LogP) is 2.57. The average Bonchev–Trinajstić information content (AvgIpc) is 3.31. The van der Waals surface area contributed by atoms with Crippen molar-refractivity contribution in [2.75, 3.05) is 46.9 Å². The van der Waals surface area contributed by atoms with Gasteiger partial charge in [0.25, 0.3) is 0 Å². The molecule has 0 saturated carbocycles. The molecule has 0 N–H and O–H groups in total. The summed E-state index contributed by atoms with van der Waals surface area (Å²) in [6.07, 6.45) is 3.80. The monoisotopic (exact) mass is 456 g/mol. The van der Waals surface area contributed by atoms with Crippen LogP contribution in [0.5, 0.6) is 11.5 Å². The summed E-state index contributed by atoms with van der Waals surface area (Å²) < 4.78 is 40.4. The number of piperazine rings is 1. The number of hydrogen-bond acceptors (Lipinski definition) is 6. The second kappa shape index (κ2) is 9.72. The smallest absolute Gasteiger partial charge is 0.243 e. The number of sulfonamides is 1. The van der Waals surface area contributed by atoms with Gasteiger partial charge in [0, 0.05) is 63.3 Å². The minimum Gasteiger partial charge on any atom is -0.493 e. The summed E-state index contributed by atoms with van der Waals surface area (Å²) in [7, 11) is -0.566. The summed E-state index contributed by atoms with van der Waals surface area (Å²) in [5.41, 5.74) is 1.09. The molecule has 4 rings (SSSR count). The molecule has 1 fully saturated rings. The lowest BCUT2D eigenvalue weighted by Gasteiger charge is -2.34. The molecule has 0 amide bonds. The third kappa shape index (κ3) is 4.64. The van der Waals surface area contributed by atoms with Crippen LogP contribution in [-0.2, 0) is 16.6 Å². The quantitative estimate of drug-likeness (QED) is 0.519. The van der Waals surface area contributed by atoms with Gasteiger partial charge in [0.2, 0.25) is 10.0 Å². The van der Waals surface area contributed by atoms with E-state index in [0.717, 1.165) is 24.5 Å². The molecule has 9 heteroatoms. The number of aromatic nitrogens is 2. The lowest BCUT2D eigenvalue weighted by atomic mass is 10.2. The zero-order valence-corrected chi connectivity index (χ0v) is 19.2. The maximum Gasteiger partial charge on any atom is 0.243 e. The fourth-order valence-electron chi connectivity index (χ4n) is 3.91. The number of ether oxygens (including phenoxy) is 2. The van der Waals surface area contributed by atoms with Gasteiger partial charge in [-0.25, -0.2) is 13.4 Å². The van der Waals surface area contributed by atoms with Gasteiger partial charge in [0.05, 0.1) is 19.1 Å². The number of imidazole rings is 1. The molecule has 0 radical (unpaired) electrons. The van der Waals surface area contributed by atoms with Gasteiger partial charge >= 0.3 is 0 Å². The van der Waals surface area contributed by atoms with E-state index >= 15 is 0 Å². The molecular weight excluding hydrogens is 428 g/mol. The van der Waals surface area contributed by atoms with E-state index < -0.39 is 10.0 Å². The first-order valence-electron chi connectivity index (χ1n) is 10.5. The Balaban J connectivity index is 1.36. The van der Waals surface area contributed by atoms with Crippen molar-refractivity contribution in [1.29, 1.82) is 0 Å². The Morgan fingerprint density at radius 3 is 2.31 bits per heavy atom. The summed E-state index contributed by atoms with van der Waals surface area (Å²) in [4.78, 5) is 7.00. The van der Waals surface area contributed by atoms with Crippen LogP contribution in [-0.4, -0.2) is 74.1 Å². The second-order valence-electron chi connectivity index (χ2n) is 7.57. The van der Waals surface area contributed by atoms with E-state index in [1.807, 2.05) is 30.6 Å². The highest BCUT2D eigenvalue weighted by Crippen LogP contribution is 2.31. The third-order valence-corrected chi connectivity index (χ3v) is 7.62. The zero-order chi connectivity index (χ0) is 22.6. The molecule has 0 aliphatic carbocycles. The molecule has 170 valence electrons. The molecule has 0 atom stereocenters. The van der Waals surface area contributed by atoms with E-state index in [1.165, 1.54) is 24.6 Å². The summed E-state index contributed by atoms with van der Waals surface area (Å²) in [5, 5.41) is 0. The lowest BCUT2D eigenvalue weighted by Crippen LogP contribution is -2.49. The maximum atomic E-state index is 13.1. The molecule has 1 aliphatic rings. The van der Waals surface area contributed by atoms with E-state index in [-0.39, 0.29) is 4.90 Å². The fourth-order valence-corrected chi connectivity index (χ4v) is 5.34. The Bertz CT molecular complexity index is 1140. The highest BCUT2D eigenvalue weighted by Gasteiger charge is 2.29. The number of rotatable bonds is 8. The van der Waals surface area contributed by atoms with Gasteiger partial charge in [0.1, 0.15) is 5.82 Å². The van der Waals surface area contributed by atoms with Crippen LogP contribution in [0.4, 0.5) is 0 Å². The van der Waals surface area contributed by atoms with Crippen LogP contribution >= 0.6 is 0 Å². The first-order valence-corrected chi connectivity index (χ1v) is 12.0. The Morgan fingerprint density at radius 2 is 1.62 bits per heavy atom. The van der Waals surface area contributed by atoms with Crippen LogP contribution in [0.15, 0.2) is 65.8 Å². The molecule has 1 aromatic heterocycles. The summed E-state index contributed by atoms with van der Waals surface area (Å²) in [5.74, 6) is 1.85. The summed E-state index contributed by atoms with van der Waals surface area (Å²) in [6, 6.07) is 14.8. The van der Waals surface area contributed by atoms with Gasteiger partial charge in [-0.05, 0) is 12.1 Å². The fraction of sp³-hybridized carbons (Fsp3) is 0.348. The van der Waals surface area contributed by atoms with Crippen LogP contribution in [0.1, 0.15) is 0 Å². The first kappa shape index (κ1) is 22.3. The van der Waals surface area contributed by atoms with Crippen molar-refractivity contribution in [2.45, 2.75) is 11.4 Å². The predicted molar refractivity (Wildman–Crippen MR) is 122 cm³/mol. The zero-order valence-electron chi connectivity index (χ0n) is 18.3. The Morgan fingerprint density at radius 1 is 0.906 bits per heavy atom. The minimum absolute atomic E-state index is 0.217. The Hall–Kier alpha value is -2.88. The molecule has 0 unspecified atom stereocenters. The van der Waals surface area contributed by atoms with Crippen molar-refractivity contribution < 1.29 is 17.9 Å². The molecule has 2 aromatic carbocycles. The van der Waals surface area contributed by atoms with Gasteiger partial charge < -0.3 is 14.0 Å². The van der Waals surface area contributed by atoms with Crippen LogP contribution in [0.2, 0.25) is 0 Å². The van der Waals surface area contributed by atoms with E-state index in [4.69, 9.17) is 9.47 Å². The molecule has 0 spiro atoms. The van der Waals surface area contributed by atoms with Crippen molar-refractivity contribution in [3.05, 3.63) is 60.9 Å². The van der Waals surface area contributed by atoms with E-state index in [1.54, 1.807) is 12.1 Å². The Kier molecular flexibility index (Phi) is 6.78. The number of benzene rings is 2. The van der Waals surface area contributed by atoms with Crippen molar-refractivity contribution >= 4 is 10.0 Å². The van der Waals surface area contributed by atoms with Gasteiger partial charge in [-0.2, -0.15) is 4.31 Å². The summed E-state index contributed by atoms with van der Waals surface area (Å²) in [6.45, 7) is 3.90. The largest absolute Gasteiger partial charge is 0.493 e. The topological polar surface area (TPSA) is 76.9 Å². The van der Waals surface area contributed by atoms with Crippen molar-refractivity contribution in [3.8, 4) is 22.9 Å². The lowest BCUT2D eigenvalue weighted by molar-refractivity contribution is 0.183. The normalized spacial score (nSPS) is 15.6. The number of hydrogen-bond donors (Lipinski definition) is 0. The van der Waals surface area contributed by atoms with Crippen molar-refractivity contribution in [3.63, 3.8) is 0 Å². The number of nitrogens with zero attached hydrogens (tertiary/aromatic N) is 4. The molecule has 2 heterocycles. The molecule has 32 heavy (non-hydrogen) atoms. The average molecular weight is 457 g/mol. The molecule has 0 bridgehead atoms. The number of methoxy groups -OCH3 is 2. The van der Waals surface area contributed by atoms with Gasteiger partial charge in [-0.15, -0.1) is 0 Å². The van der Waals surface area contributed by atoms with Crippen molar-refractivity contribution in [2.24, 2.45) is 0 Å². The first-order chi connectivity index (χ1) is 15.5. The molecular formula is C23H28N4O4S. The Labute approximate surface area is 189 Å². The highest BCUT2D eigenvalue weighted by molar-refractivity contribution is 7.89. The maximum absolute atomic E-state index is 13.1. The molecule has 1 aliphatic heterocycles. The van der Waals surface area contributed by atoms with Crippen LogP contribution < -0.4 is 9.47 Å². The van der Waals surface area contributed by atoms with E-state index in [2.05, 4.69) is 26.6 Å². The minimum atomic E-state index is -3.59. The van der Waals surface area contributed by atoms with E-state index in [9.17, 15) is 8.42 Å². The van der Waals surface area contributed by atoms with Crippen LogP contribution in [0, 0.1) is 0 Å². The SMILES string of the molecule is COc1ccc(S(=O)(=O)N2CCN(CCn3ccnc3-c3ccccc3)CC2)cc1OC. The van der Waals surface area contributed by atoms with Gasteiger partial charge in [-0.3, -0.25) is 4.90 Å². The van der Waals surface area contributed by atoms with Gasteiger partial charge in [-0.1, -0.05) is 30.3 Å². The van der Waals surface area contributed by atoms with Crippen molar-refractivity contribution in [1.82, 2.24) is 18.8 Å². The van der Waals surface area contributed by atoms with Crippen LogP contribution in [0.25, 0.3) is 11.4 Å². The molecule has 8 nitrogen and oxygen atoms in total. The molecule has 1 saturated heterocycles.